The van der Waals surface area contributed by atoms with Crippen molar-refractivity contribution >= 4 is 23.9 Å². The zero-order valence-corrected chi connectivity index (χ0v) is 11.9. The van der Waals surface area contributed by atoms with Crippen molar-refractivity contribution in [3.8, 4) is 0 Å². The van der Waals surface area contributed by atoms with E-state index in [1.807, 2.05) is 0 Å². The number of amides is 2. The lowest BCUT2D eigenvalue weighted by molar-refractivity contribution is -0.140. The molecule has 2 rings (SSSR count). The van der Waals surface area contributed by atoms with Gasteiger partial charge in [-0.2, -0.15) is 0 Å². The number of carboxylic acids is 1. The topological polar surface area (TPSA) is 74.7 Å². The first kappa shape index (κ1) is 15.0. The number of carboxylic acid groups (broad SMARTS) is 1. The normalized spacial score (nSPS) is 22.3. The van der Waals surface area contributed by atoms with Crippen LogP contribution in [-0.2, 0) is 20.9 Å². The minimum absolute atomic E-state index is 0.173. The molecule has 5 nitrogen and oxygen atoms in total. The lowest BCUT2D eigenvalue weighted by Crippen LogP contribution is -2.30. The zero-order valence-electron chi connectivity index (χ0n) is 11.9. The number of carbonyl (C=O) groups excluding carboxylic acids is 2. The minimum Gasteiger partial charge on any atom is -0.478 e. The fourth-order valence-electron chi connectivity index (χ4n) is 2.36. The van der Waals surface area contributed by atoms with Gasteiger partial charge in [0.15, 0.2) is 0 Å². The van der Waals surface area contributed by atoms with Crippen LogP contribution in [0, 0.1) is 11.8 Å². The predicted octanol–water partition coefficient (Wildman–Crippen LogP) is 1.93. The molecule has 0 spiro atoms. The van der Waals surface area contributed by atoms with Gasteiger partial charge in [0, 0.05) is 17.9 Å². The van der Waals surface area contributed by atoms with Crippen molar-refractivity contribution < 1.29 is 19.5 Å². The third-order valence-electron chi connectivity index (χ3n) is 3.85. The second-order valence-corrected chi connectivity index (χ2v) is 5.21. The van der Waals surface area contributed by atoms with Crippen LogP contribution < -0.4 is 0 Å². The van der Waals surface area contributed by atoms with Crippen LogP contribution >= 0.6 is 0 Å². The van der Waals surface area contributed by atoms with E-state index in [0.717, 1.165) is 11.6 Å². The first-order valence-electron chi connectivity index (χ1n) is 6.76. The van der Waals surface area contributed by atoms with Gasteiger partial charge >= 0.3 is 5.97 Å². The molecule has 2 atom stereocenters. The number of rotatable bonds is 4. The Balaban J connectivity index is 2.26. The summed E-state index contributed by atoms with van der Waals surface area (Å²) in [7, 11) is 0. The van der Waals surface area contributed by atoms with Gasteiger partial charge < -0.3 is 5.11 Å². The largest absolute Gasteiger partial charge is 0.478 e. The Hall–Kier alpha value is -2.43. The molecule has 110 valence electrons. The van der Waals surface area contributed by atoms with Crippen molar-refractivity contribution in [2.75, 3.05) is 0 Å². The number of imide groups is 1. The van der Waals surface area contributed by atoms with Crippen molar-refractivity contribution in [1.82, 2.24) is 4.90 Å². The molecule has 0 aliphatic carbocycles. The molecule has 0 aromatic heterocycles. The van der Waals surface area contributed by atoms with Crippen LogP contribution in [0.3, 0.4) is 0 Å². The van der Waals surface area contributed by atoms with E-state index in [4.69, 9.17) is 5.11 Å². The summed E-state index contributed by atoms with van der Waals surface area (Å²) < 4.78 is 0. The van der Waals surface area contributed by atoms with Crippen LogP contribution in [0.25, 0.3) is 6.08 Å². The van der Waals surface area contributed by atoms with E-state index in [0.29, 0.717) is 5.56 Å². The Morgan fingerprint density at radius 1 is 1.19 bits per heavy atom. The van der Waals surface area contributed by atoms with Gasteiger partial charge in [0.25, 0.3) is 0 Å². The molecule has 21 heavy (non-hydrogen) atoms. The second kappa shape index (κ2) is 5.91. The van der Waals surface area contributed by atoms with E-state index in [1.165, 1.54) is 11.0 Å². The van der Waals surface area contributed by atoms with Gasteiger partial charge in [-0.3, -0.25) is 14.5 Å². The van der Waals surface area contributed by atoms with E-state index in [2.05, 4.69) is 0 Å². The second-order valence-electron chi connectivity index (χ2n) is 5.21. The molecule has 1 aromatic carbocycles. The monoisotopic (exact) mass is 287 g/mol. The van der Waals surface area contributed by atoms with E-state index in [-0.39, 0.29) is 30.2 Å². The molecule has 1 aromatic rings. The zero-order chi connectivity index (χ0) is 15.6. The fraction of sp³-hybridized carbons (Fsp3) is 0.312. The SMILES string of the molecule is CC1C(=O)N(Cc2ccccc2C=CC(=O)O)C(=O)C1C. The molecule has 1 aliphatic heterocycles. The van der Waals surface area contributed by atoms with Crippen molar-refractivity contribution in [3.63, 3.8) is 0 Å². The van der Waals surface area contributed by atoms with Crippen molar-refractivity contribution in [2.24, 2.45) is 11.8 Å². The Kier molecular flexibility index (Phi) is 4.21. The van der Waals surface area contributed by atoms with Crippen LogP contribution in [0.15, 0.2) is 30.3 Å². The molecular formula is C16H17NO4. The maximum absolute atomic E-state index is 12.1. The quantitative estimate of drug-likeness (QED) is 0.678. The van der Waals surface area contributed by atoms with Crippen molar-refractivity contribution in [1.29, 1.82) is 0 Å². The number of benzene rings is 1. The van der Waals surface area contributed by atoms with Gasteiger partial charge in [-0.25, -0.2) is 4.79 Å². The summed E-state index contributed by atoms with van der Waals surface area (Å²) >= 11 is 0. The van der Waals surface area contributed by atoms with Crippen molar-refractivity contribution in [2.45, 2.75) is 20.4 Å². The maximum atomic E-state index is 12.1. The Morgan fingerprint density at radius 3 is 2.33 bits per heavy atom. The molecule has 2 unspecified atom stereocenters. The molecule has 0 bridgehead atoms. The average molecular weight is 287 g/mol. The maximum Gasteiger partial charge on any atom is 0.328 e. The smallest absolute Gasteiger partial charge is 0.328 e. The summed E-state index contributed by atoms with van der Waals surface area (Å²) in [5.41, 5.74) is 1.44. The standard InChI is InChI=1S/C16H17NO4/c1-10-11(2)16(21)17(15(10)20)9-13-6-4-3-5-12(13)7-8-14(18)19/h3-8,10-11H,9H2,1-2H3,(H,18,19). The summed E-state index contributed by atoms with van der Waals surface area (Å²) in [4.78, 5) is 36.1. The number of hydrogen-bond acceptors (Lipinski definition) is 3. The fourth-order valence-corrected chi connectivity index (χ4v) is 2.36. The van der Waals surface area contributed by atoms with Gasteiger partial charge in [-0.05, 0) is 17.2 Å². The van der Waals surface area contributed by atoms with Crippen LogP contribution in [0.1, 0.15) is 25.0 Å². The first-order valence-corrected chi connectivity index (χ1v) is 6.76. The molecule has 1 N–H and O–H groups in total. The lowest BCUT2D eigenvalue weighted by Gasteiger charge is -2.16. The molecule has 5 heteroatoms. The van der Waals surface area contributed by atoms with Crippen LogP contribution in [0.5, 0.6) is 0 Å². The summed E-state index contributed by atoms with van der Waals surface area (Å²) in [6.07, 6.45) is 2.51. The molecule has 0 saturated carbocycles. The van der Waals surface area contributed by atoms with E-state index in [9.17, 15) is 14.4 Å². The number of nitrogens with zero attached hydrogens (tertiary/aromatic N) is 1. The summed E-state index contributed by atoms with van der Waals surface area (Å²) in [6, 6.07) is 7.12. The molecule has 1 heterocycles. The highest BCUT2D eigenvalue weighted by Gasteiger charge is 2.42. The Labute approximate surface area is 122 Å². The highest BCUT2D eigenvalue weighted by molar-refractivity contribution is 6.04. The summed E-state index contributed by atoms with van der Waals surface area (Å²) in [5, 5.41) is 8.70. The first-order chi connectivity index (χ1) is 9.91. The van der Waals surface area contributed by atoms with Crippen LogP contribution in [0.4, 0.5) is 0 Å². The Bertz CT molecular complexity index is 600. The van der Waals surface area contributed by atoms with Crippen LogP contribution in [-0.4, -0.2) is 27.8 Å². The molecule has 0 radical (unpaired) electrons. The molecule has 1 saturated heterocycles. The summed E-state index contributed by atoms with van der Waals surface area (Å²) in [5.74, 6) is -2.01. The third-order valence-corrected chi connectivity index (χ3v) is 3.85. The highest BCUT2D eigenvalue weighted by Crippen LogP contribution is 2.27. The molecule has 1 aliphatic rings. The van der Waals surface area contributed by atoms with E-state index < -0.39 is 5.97 Å². The molecule has 1 fully saturated rings. The van der Waals surface area contributed by atoms with Crippen molar-refractivity contribution in [3.05, 3.63) is 41.5 Å². The van der Waals surface area contributed by atoms with Gasteiger partial charge in [0.05, 0.1) is 6.54 Å². The highest BCUT2D eigenvalue weighted by atomic mass is 16.4. The van der Waals surface area contributed by atoms with E-state index in [1.54, 1.807) is 38.1 Å². The van der Waals surface area contributed by atoms with E-state index >= 15 is 0 Å². The van der Waals surface area contributed by atoms with Gasteiger partial charge in [-0.1, -0.05) is 38.1 Å². The third kappa shape index (κ3) is 3.02. The lowest BCUT2D eigenvalue weighted by atomic mass is 10.00. The number of likely N-dealkylation sites (tertiary alicyclic amines) is 1. The summed E-state index contributed by atoms with van der Waals surface area (Å²) in [6.45, 7) is 3.68. The number of aliphatic carboxylic acids is 1. The minimum atomic E-state index is -1.04. The Morgan fingerprint density at radius 2 is 1.76 bits per heavy atom. The molecule has 2 amide bonds. The number of hydrogen-bond donors (Lipinski definition) is 1. The number of carbonyl (C=O) groups is 3. The van der Waals surface area contributed by atoms with Gasteiger partial charge in [0.1, 0.15) is 0 Å². The average Bonchev–Trinajstić information content (AvgIpc) is 2.64. The predicted molar refractivity (Wildman–Crippen MR) is 77.0 cm³/mol. The van der Waals surface area contributed by atoms with Gasteiger partial charge in [0.2, 0.25) is 11.8 Å². The van der Waals surface area contributed by atoms with Crippen LogP contribution in [0.2, 0.25) is 0 Å². The molecular weight excluding hydrogens is 270 g/mol. The van der Waals surface area contributed by atoms with Gasteiger partial charge in [-0.15, -0.1) is 0 Å².